The Bertz CT molecular complexity index is 657. The van der Waals surface area contributed by atoms with Crippen LogP contribution in [0.1, 0.15) is 49.3 Å². The predicted molar refractivity (Wildman–Crippen MR) is 102 cm³/mol. The molecular weight excluding hydrogens is 344 g/mol. The van der Waals surface area contributed by atoms with Crippen molar-refractivity contribution in [3.8, 4) is 0 Å². The van der Waals surface area contributed by atoms with Gasteiger partial charge in [-0.05, 0) is 37.3 Å². The van der Waals surface area contributed by atoms with Gasteiger partial charge in [0.25, 0.3) is 5.91 Å². The van der Waals surface area contributed by atoms with Crippen LogP contribution >= 0.6 is 0 Å². The number of benzene rings is 1. The van der Waals surface area contributed by atoms with E-state index in [1.807, 2.05) is 31.2 Å². The van der Waals surface area contributed by atoms with Crippen molar-refractivity contribution < 1.29 is 19.1 Å². The topological polar surface area (TPSA) is 67.9 Å². The maximum Gasteiger partial charge on any atom is 0.251 e. The van der Waals surface area contributed by atoms with Crippen LogP contribution in [-0.4, -0.2) is 55.7 Å². The Morgan fingerprint density at radius 1 is 1.30 bits per heavy atom. The molecule has 2 aliphatic rings. The molecule has 1 aromatic carbocycles. The average molecular weight is 374 g/mol. The molecule has 6 nitrogen and oxygen atoms in total. The van der Waals surface area contributed by atoms with Crippen LogP contribution in [0, 0.1) is 6.92 Å². The summed E-state index contributed by atoms with van der Waals surface area (Å²) in [5.74, 6) is -0.291. The number of likely N-dealkylation sites (N-methyl/N-ethyl adjacent to an activating group) is 1. The van der Waals surface area contributed by atoms with Crippen molar-refractivity contribution in [1.29, 1.82) is 0 Å². The molecule has 1 aliphatic heterocycles. The number of amides is 2. The fourth-order valence-electron chi connectivity index (χ4n) is 3.91. The number of carbonyl (C=O) groups excluding carboxylic acids is 2. The van der Waals surface area contributed by atoms with Crippen molar-refractivity contribution in [2.24, 2.45) is 0 Å². The lowest BCUT2D eigenvalue weighted by atomic mass is 9.94. The lowest BCUT2D eigenvalue weighted by Crippen LogP contribution is -2.53. The number of carbonyl (C=O) groups is 2. The third-order valence-electron chi connectivity index (χ3n) is 5.53. The van der Waals surface area contributed by atoms with Crippen LogP contribution in [-0.2, 0) is 19.1 Å². The van der Waals surface area contributed by atoms with Gasteiger partial charge in [0.05, 0.1) is 12.1 Å². The Balaban J connectivity index is 1.56. The van der Waals surface area contributed by atoms with E-state index in [9.17, 15) is 9.59 Å². The van der Waals surface area contributed by atoms with E-state index in [4.69, 9.17) is 9.47 Å². The van der Waals surface area contributed by atoms with Gasteiger partial charge in [-0.15, -0.1) is 0 Å². The lowest BCUT2D eigenvalue weighted by molar-refractivity contribution is -0.162. The second-order valence-electron chi connectivity index (χ2n) is 7.46. The van der Waals surface area contributed by atoms with Gasteiger partial charge in [-0.25, -0.2) is 0 Å². The normalized spacial score (nSPS) is 23.6. The highest BCUT2D eigenvalue weighted by Crippen LogP contribution is 2.31. The highest BCUT2D eigenvalue weighted by molar-refractivity contribution is 5.86. The fraction of sp³-hybridized carbons (Fsp3) is 0.619. The first kappa shape index (κ1) is 19.8. The van der Waals surface area contributed by atoms with Gasteiger partial charge in [0.2, 0.25) is 5.91 Å². The molecule has 1 heterocycles. The van der Waals surface area contributed by atoms with Gasteiger partial charge in [0.15, 0.2) is 6.10 Å². The molecule has 2 amide bonds. The standard InChI is InChI=1S/C21H30N2O4/c1-15-8-3-6-11-17(15)19-20(27-14-18(24)23(19)2)21(25)22-12-7-13-26-16-9-4-5-10-16/h3,6,8,11,16,19-20H,4-5,7,9-10,12-14H2,1-2H3,(H,22,25)/t19-,20+/m1/s1. The third-order valence-corrected chi connectivity index (χ3v) is 5.53. The SMILES string of the molecule is Cc1ccccc1[C@@H]1[C@@H](C(=O)NCCCOC2CCCC2)OCC(=O)N1C. The van der Waals surface area contributed by atoms with Crippen molar-refractivity contribution in [3.05, 3.63) is 35.4 Å². The highest BCUT2D eigenvalue weighted by atomic mass is 16.5. The number of aryl methyl sites for hydroxylation is 1. The molecule has 0 radical (unpaired) electrons. The fourth-order valence-corrected chi connectivity index (χ4v) is 3.91. The van der Waals surface area contributed by atoms with Gasteiger partial charge in [0.1, 0.15) is 6.61 Å². The molecule has 27 heavy (non-hydrogen) atoms. The number of morpholine rings is 1. The van der Waals surface area contributed by atoms with E-state index in [-0.39, 0.29) is 18.4 Å². The van der Waals surface area contributed by atoms with Crippen LogP contribution < -0.4 is 5.32 Å². The Kier molecular flexibility index (Phi) is 6.85. The zero-order chi connectivity index (χ0) is 19.2. The van der Waals surface area contributed by atoms with Gasteiger partial charge in [-0.3, -0.25) is 9.59 Å². The van der Waals surface area contributed by atoms with Gasteiger partial charge in [0, 0.05) is 20.2 Å². The minimum Gasteiger partial charge on any atom is -0.378 e. The summed E-state index contributed by atoms with van der Waals surface area (Å²) < 4.78 is 11.5. The summed E-state index contributed by atoms with van der Waals surface area (Å²) in [4.78, 5) is 26.5. The van der Waals surface area contributed by atoms with E-state index in [2.05, 4.69) is 5.32 Å². The minimum absolute atomic E-state index is 0.0677. The molecule has 1 saturated carbocycles. The molecule has 1 N–H and O–H groups in total. The Morgan fingerprint density at radius 2 is 2.04 bits per heavy atom. The molecule has 6 heteroatoms. The number of nitrogens with zero attached hydrogens (tertiary/aromatic N) is 1. The van der Waals surface area contributed by atoms with E-state index in [0.29, 0.717) is 19.3 Å². The molecule has 3 rings (SSSR count). The molecule has 2 atom stereocenters. The Labute approximate surface area is 161 Å². The van der Waals surface area contributed by atoms with E-state index in [1.54, 1.807) is 11.9 Å². The molecule has 1 aromatic rings. The number of ether oxygens (including phenoxy) is 2. The Hall–Kier alpha value is -1.92. The number of nitrogens with one attached hydrogen (secondary N) is 1. The largest absolute Gasteiger partial charge is 0.378 e. The van der Waals surface area contributed by atoms with Crippen LogP contribution in [0.15, 0.2) is 24.3 Å². The minimum atomic E-state index is -0.704. The molecule has 0 bridgehead atoms. The molecule has 2 fully saturated rings. The summed E-state index contributed by atoms with van der Waals surface area (Å²) in [6, 6.07) is 7.39. The number of hydrogen-bond acceptors (Lipinski definition) is 4. The van der Waals surface area contributed by atoms with Crippen molar-refractivity contribution in [2.75, 3.05) is 26.8 Å². The lowest BCUT2D eigenvalue weighted by Gasteiger charge is -2.38. The quantitative estimate of drug-likeness (QED) is 0.744. The first-order valence-electron chi connectivity index (χ1n) is 9.90. The highest BCUT2D eigenvalue weighted by Gasteiger charge is 2.40. The van der Waals surface area contributed by atoms with Crippen molar-refractivity contribution in [2.45, 2.75) is 57.3 Å². The summed E-state index contributed by atoms with van der Waals surface area (Å²) in [5, 5.41) is 2.95. The van der Waals surface area contributed by atoms with Crippen molar-refractivity contribution in [3.63, 3.8) is 0 Å². The predicted octanol–water partition coefficient (Wildman–Crippen LogP) is 2.36. The first-order chi connectivity index (χ1) is 13.1. The smallest absolute Gasteiger partial charge is 0.251 e. The summed E-state index contributed by atoms with van der Waals surface area (Å²) in [7, 11) is 1.73. The van der Waals surface area contributed by atoms with Crippen LogP contribution in [0.5, 0.6) is 0 Å². The Morgan fingerprint density at radius 3 is 2.78 bits per heavy atom. The number of rotatable bonds is 7. The molecule has 1 aliphatic carbocycles. The van der Waals surface area contributed by atoms with Crippen LogP contribution in [0.25, 0.3) is 0 Å². The summed E-state index contributed by atoms with van der Waals surface area (Å²) >= 11 is 0. The number of hydrogen-bond donors (Lipinski definition) is 1. The maximum atomic E-state index is 12.7. The molecular formula is C21H30N2O4. The summed E-state index contributed by atoms with van der Waals surface area (Å²) in [6.45, 7) is 3.12. The average Bonchev–Trinajstić information content (AvgIpc) is 3.17. The van der Waals surface area contributed by atoms with Gasteiger partial charge >= 0.3 is 0 Å². The molecule has 0 aromatic heterocycles. The van der Waals surface area contributed by atoms with Crippen LogP contribution in [0.3, 0.4) is 0 Å². The zero-order valence-electron chi connectivity index (χ0n) is 16.3. The monoisotopic (exact) mass is 374 g/mol. The molecule has 0 spiro atoms. The zero-order valence-corrected chi connectivity index (χ0v) is 16.3. The second-order valence-corrected chi connectivity index (χ2v) is 7.46. The third kappa shape index (κ3) is 4.87. The van der Waals surface area contributed by atoms with Gasteiger partial charge in [-0.2, -0.15) is 0 Å². The maximum absolute atomic E-state index is 12.7. The van der Waals surface area contributed by atoms with Crippen molar-refractivity contribution in [1.82, 2.24) is 10.2 Å². The summed E-state index contributed by atoms with van der Waals surface area (Å²) in [6.07, 6.45) is 5.29. The van der Waals surface area contributed by atoms with E-state index >= 15 is 0 Å². The van der Waals surface area contributed by atoms with Crippen molar-refractivity contribution >= 4 is 11.8 Å². The van der Waals surface area contributed by atoms with Gasteiger partial charge in [-0.1, -0.05) is 37.1 Å². The van der Waals surface area contributed by atoms with Gasteiger partial charge < -0.3 is 19.7 Å². The van der Waals surface area contributed by atoms with Crippen LogP contribution in [0.4, 0.5) is 0 Å². The molecule has 148 valence electrons. The molecule has 1 saturated heterocycles. The molecule has 0 unspecified atom stereocenters. The van der Waals surface area contributed by atoms with E-state index in [0.717, 1.165) is 30.4 Å². The van der Waals surface area contributed by atoms with Crippen LogP contribution in [0.2, 0.25) is 0 Å². The second kappa shape index (κ2) is 9.33. The van der Waals surface area contributed by atoms with E-state index in [1.165, 1.54) is 12.8 Å². The first-order valence-corrected chi connectivity index (χ1v) is 9.90. The summed E-state index contributed by atoms with van der Waals surface area (Å²) in [5.41, 5.74) is 1.98. The van der Waals surface area contributed by atoms with E-state index < -0.39 is 12.1 Å².